The molecule has 0 fully saturated rings. The van der Waals surface area contributed by atoms with Crippen LogP contribution in [0, 0.1) is 5.92 Å². The van der Waals surface area contributed by atoms with Gasteiger partial charge >= 0.3 is 0 Å². The highest BCUT2D eigenvalue weighted by molar-refractivity contribution is 5.85. The van der Waals surface area contributed by atoms with Crippen molar-refractivity contribution in [3.8, 4) is 0 Å². The molecule has 0 aromatic heterocycles. The molecule has 4 heteroatoms. The first-order valence-corrected chi connectivity index (χ1v) is 7.86. The predicted octanol–water partition coefficient (Wildman–Crippen LogP) is 2.89. The summed E-state index contributed by atoms with van der Waals surface area (Å²) in [5.41, 5.74) is 3.75. The van der Waals surface area contributed by atoms with Crippen LogP contribution in [0.2, 0.25) is 0 Å². The number of rotatable bonds is 6. The second-order valence-electron chi connectivity index (χ2n) is 6.18. The smallest absolute Gasteiger partial charge is 0.224 e. The molecule has 1 aromatic carbocycles. The first kappa shape index (κ1) is 18.7. The molecular weight excluding hydrogens is 296 g/mol. The van der Waals surface area contributed by atoms with Gasteiger partial charge in [-0.25, -0.2) is 0 Å². The van der Waals surface area contributed by atoms with Gasteiger partial charge in [-0.2, -0.15) is 0 Å². The van der Waals surface area contributed by atoms with Crippen molar-refractivity contribution in [2.24, 2.45) is 5.92 Å². The summed E-state index contributed by atoms with van der Waals surface area (Å²) in [6, 6.07) is 8.41. The van der Waals surface area contributed by atoms with Gasteiger partial charge in [0.15, 0.2) is 0 Å². The minimum atomic E-state index is 0. The Balaban J connectivity index is 0.00000242. The van der Waals surface area contributed by atoms with E-state index in [1.54, 1.807) is 0 Å². The summed E-state index contributed by atoms with van der Waals surface area (Å²) >= 11 is 0. The standard InChI is InChI=1S/C18H26N2O.ClH/c1-14(2)11-15-3-5-16(6-4-15)12-18(21)20-13-17-7-9-19-10-8-17;/h3-7,14,19H,8-13H2,1-2H3,(H,20,21);1H. The Morgan fingerprint density at radius 2 is 1.91 bits per heavy atom. The molecule has 1 amide bonds. The Kier molecular flexibility index (Phi) is 8.21. The molecule has 1 aromatic rings. The average molecular weight is 323 g/mol. The zero-order chi connectivity index (χ0) is 15.1. The van der Waals surface area contributed by atoms with Crippen molar-refractivity contribution < 1.29 is 4.79 Å². The lowest BCUT2D eigenvalue weighted by molar-refractivity contribution is -0.120. The molecule has 122 valence electrons. The van der Waals surface area contributed by atoms with Crippen LogP contribution in [0.4, 0.5) is 0 Å². The van der Waals surface area contributed by atoms with Gasteiger partial charge in [0.2, 0.25) is 5.91 Å². The van der Waals surface area contributed by atoms with Crippen LogP contribution in [0.3, 0.4) is 0 Å². The van der Waals surface area contributed by atoms with E-state index in [9.17, 15) is 4.79 Å². The van der Waals surface area contributed by atoms with Crippen molar-refractivity contribution in [2.75, 3.05) is 19.6 Å². The number of hydrogen-bond donors (Lipinski definition) is 2. The Morgan fingerprint density at radius 3 is 2.50 bits per heavy atom. The van der Waals surface area contributed by atoms with Crippen molar-refractivity contribution in [1.82, 2.24) is 10.6 Å². The molecule has 1 heterocycles. The number of amides is 1. The van der Waals surface area contributed by atoms with Crippen LogP contribution in [0.15, 0.2) is 35.9 Å². The lowest BCUT2D eigenvalue weighted by Gasteiger charge is -2.14. The Bertz CT molecular complexity index is 494. The maximum absolute atomic E-state index is 12.0. The van der Waals surface area contributed by atoms with Gasteiger partial charge < -0.3 is 10.6 Å². The van der Waals surface area contributed by atoms with Crippen molar-refractivity contribution >= 4 is 18.3 Å². The van der Waals surface area contributed by atoms with Gasteiger partial charge in [-0.15, -0.1) is 12.4 Å². The quantitative estimate of drug-likeness (QED) is 0.791. The monoisotopic (exact) mass is 322 g/mol. The third-order valence-electron chi connectivity index (χ3n) is 3.70. The van der Waals surface area contributed by atoms with E-state index in [0.29, 0.717) is 18.9 Å². The molecule has 0 unspecified atom stereocenters. The highest BCUT2D eigenvalue weighted by Gasteiger charge is 2.07. The number of nitrogens with one attached hydrogen (secondary N) is 2. The predicted molar refractivity (Wildman–Crippen MR) is 94.5 cm³/mol. The second kappa shape index (κ2) is 9.65. The first-order valence-electron chi connectivity index (χ1n) is 7.86. The van der Waals surface area contributed by atoms with Crippen molar-refractivity contribution in [3.05, 3.63) is 47.0 Å². The molecule has 0 saturated carbocycles. The Labute approximate surface area is 140 Å². The van der Waals surface area contributed by atoms with Gasteiger partial charge in [0.05, 0.1) is 6.42 Å². The van der Waals surface area contributed by atoms with Gasteiger partial charge in [0, 0.05) is 13.1 Å². The first-order chi connectivity index (χ1) is 10.1. The van der Waals surface area contributed by atoms with E-state index in [-0.39, 0.29) is 18.3 Å². The molecule has 0 saturated heterocycles. The van der Waals surface area contributed by atoms with Crippen molar-refractivity contribution in [2.45, 2.75) is 33.1 Å². The zero-order valence-corrected chi connectivity index (χ0v) is 14.3. The number of benzene rings is 1. The van der Waals surface area contributed by atoms with E-state index in [2.05, 4.69) is 54.8 Å². The fraction of sp³-hybridized carbons (Fsp3) is 0.500. The molecule has 0 bridgehead atoms. The van der Waals surface area contributed by atoms with E-state index in [1.807, 2.05) is 0 Å². The van der Waals surface area contributed by atoms with Gasteiger partial charge in [-0.05, 0) is 36.4 Å². The second-order valence-corrected chi connectivity index (χ2v) is 6.18. The molecule has 2 rings (SSSR count). The lowest BCUT2D eigenvalue weighted by atomic mass is 10.0. The van der Waals surface area contributed by atoms with Gasteiger partial charge in [-0.3, -0.25) is 4.79 Å². The largest absolute Gasteiger partial charge is 0.352 e. The topological polar surface area (TPSA) is 41.1 Å². The molecule has 22 heavy (non-hydrogen) atoms. The molecule has 0 aliphatic carbocycles. The SMILES string of the molecule is CC(C)Cc1ccc(CC(=O)NCC2=CCNCC2)cc1.Cl. The number of halogens is 1. The Hall–Kier alpha value is -1.32. The van der Waals surface area contributed by atoms with Gasteiger partial charge in [-0.1, -0.05) is 49.8 Å². The van der Waals surface area contributed by atoms with Crippen LogP contribution in [0.1, 0.15) is 31.4 Å². The van der Waals surface area contributed by atoms with Crippen LogP contribution in [-0.2, 0) is 17.6 Å². The number of carbonyl (C=O) groups is 1. The number of hydrogen-bond acceptors (Lipinski definition) is 2. The Morgan fingerprint density at radius 1 is 1.23 bits per heavy atom. The molecule has 2 N–H and O–H groups in total. The molecule has 1 aliphatic rings. The van der Waals surface area contributed by atoms with Crippen LogP contribution in [0.25, 0.3) is 0 Å². The minimum Gasteiger partial charge on any atom is -0.352 e. The number of carbonyl (C=O) groups excluding carboxylic acids is 1. The third kappa shape index (κ3) is 6.63. The van der Waals surface area contributed by atoms with Gasteiger partial charge in [0.1, 0.15) is 0 Å². The van der Waals surface area contributed by atoms with E-state index in [0.717, 1.165) is 31.5 Å². The summed E-state index contributed by atoms with van der Waals surface area (Å²) in [5, 5.41) is 6.28. The van der Waals surface area contributed by atoms with Crippen LogP contribution in [0.5, 0.6) is 0 Å². The highest BCUT2D eigenvalue weighted by atomic mass is 35.5. The van der Waals surface area contributed by atoms with E-state index >= 15 is 0 Å². The third-order valence-corrected chi connectivity index (χ3v) is 3.70. The van der Waals surface area contributed by atoms with Crippen LogP contribution < -0.4 is 10.6 Å². The molecule has 0 spiro atoms. The summed E-state index contributed by atoms with van der Waals surface area (Å²) in [4.78, 5) is 12.0. The molecular formula is C18H27ClN2O. The van der Waals surface area contributed by atoms with Crippen molar-refractivity contribution in [1.29, 1.82) is 0 Å². The minimum absolute atomic E-state index is 0. The maximum Gasteiger partial charge on any atom is 0.224 e. The van der Waals surface area contributed by atoms with E-state index in [1.165, 1.54) is 11.1 Å². The normalized spacial score (nSPS) is 14.2. The molecule has 0 atom stereocenters. The molecule has 1 aliphatic heterocycles. The summed E-state index contributed by atoms with van der Waals surface area (Å²) in [5.74, 6) is 0.767. The van der Waals surface area contributed by atoms with Crippen molar-refractivity contribution in [3.63, 3.8) is 0 Å². The van der Waals surface area contributed by atoms with Crippen LogP contribution in [-0.4, -0.2) is 25.5 Å². The maximum atomic E-state index is 12.0. The summed E-state index contributed by atoms with van der Waals surface area (Å²) in [7, 11) is 0. The lowest BCUT2D eigenvalue weighted by Crippen LogP contribution is -2.30. The molecule has 3 nitrogen and oxygen atoms in total. The van der Waals surface area contributed by atoms with Gasteiger partial charge in [0.25, 0.3) is 0 Å². The van der Waals surface area contributed by atoms with E-state index < -0.39 is 0 Å². The van der Waals surface area contributed by atoms with E-state index in [4.69, 9.17) is 0 Å². The summed E-state index contributed by atoms with van der Waals surface area (Å²) < 4.78 is 0. The highest BCUT2D eigenvalue weighted by Crippen LogP contribution is 2.10. The summed E-state index contributed by atoms with van der Waals surface area (Å²) in [6.45, 7) is 7.06. The average Bonchev–Trinajstić information content (AvgIpc) is 2.48. The fourth-order valence-electron chi connectivity index (χ4n) is 2.55. The molecule has 0 radical (unpaired) electrons. The summed E-state index contributed by atoms with van der Waals surface area (Å²) in [6.07, 6.45) is 4.76. The zero-order valence-electron chi connectivity index (χ0n) is 13.5. The fourth-order valence-corrected chi connectivity index (χ4v) is 2.55. The van der Waals surface area contributed by atoms with Crippen LogP contribution >= 0.6 is 12.4 Å².